The van der Waals surface area contributed by atoms with Crippen molar-refractivity contribution in [3.8, 4) is 0 Å². The van der Waals surface area contributed by atoms with E-state index in [1.54, 1.807) is 0 Å². The summed E-state index contributed by atoms with van der Waals surface area (Å²) in [6, 6.07) is 12.5. The average Bonchev–Trinajstić information content (AvgIpc) is 2.48. The highest BCUT2D eigenvalue weighted by molar-refractivity contribution is 9.10. The molecule has 1 aliphatic rings. The standard InChI is InChI=1S/C20H25BrN2/c1-19(2)9-10-20(3,4)14-12-18(15(21)11-13(14)19)23-17-8-6-5-7-16(17)22/h5-8,11-12,23H,9-10,22H2,1-4H3. The summed E-state index contributed by atoms with van der Waals surface area (Å²) < 4.78 is 1.09. The van der Waals surface area contributed by atoms with Crippen molar-refractivity contribution in [3.05, 3.63) is 52.0 Å². The van der Waals surface area contributed by atoms with Crippen LogP contribution in [0.2, 0.25) is 0 Å². The van der Waals surface area contributed by atoms with Gasteiger partial charge in [0.1, 0.15) is 0 Å². The molecular weight excluding hydrogens is 348 g/mol. The molecule has 0 amide bonds. The molecule has 2 nitrogen and oxygen atoms in total. The third-order valence-corrected chi connectivity index (χ3v) is 5.83. The summed E-state index contributed by atoms with van der Waals surface area (Å²) in [4.78, 5) is 0. The van der Waals surface area contributed by atoms with Crippen molar-refractivity contribution in [3.63, 3.8) is 0 Å². The summed E-state index contributed by atoms with van der Waals surface area (Å²) in [7, 11) is 0. The Kier molecular flexibility index (Phi) is 3.96. The van der Waals surface area contributed by atoms with E-state index in [1.807, 2.05) is 24.3 Å². The van der Waals surface area contributed by atoms with Crippen LogP contribution >= 0.6 is 15.9 Å². The van der Waals surface area contributed by atoms with Crippen LogP contribution < -0.4 is 11.1 Å². The molecule has 0 unspecified atom stereocenters. The molecule has 0 aromatic heterocycles. The minimum absolute atomic E-state index is 0.199. The van der Waals surface area contributed by atoms with Gasteiger partial charge in [0.05, 0.1) is 17.1 Å². The molecule has 2 aromatic carbocycles. The van der Waals surface area contributed by atoms with Crippen molar-refractivity contribution in [2.24, 2.45) is 0 Å². The molecule has 0 heterocycles. The third-order valence-electron chi connectivity index (χ3n) is 5.17. The van der Waals surface area contributed by atoms with E-state index in [0.29, 0.717) is 0 Å². The highest BCUT2D eigenvalue weighted by Crippen LogP contribution is 2.48. The third kappa shape index (κ3) is 2.99. The van der Waals surface area contributed by atoms with Crippen molar-refractivity contribution in [2.75, 3.05) is 11.1 Å². The van der Waals surface area contributed by atoms with Gasteiger partial charge in [0.25, 0.3) is 0 Å². The Balaban J connectivity index is 2.09. The van der Waals surface area contributed by atoms with Crippen LogP contribution in [0.15, 0.2) is 40.9 Å². The van der Waals surface area contributed by atoms with E-state index in [0.717, 1.165) is 21.5 Å². The van der Waals surface area contributed by atoms with Crippen molar-refractivity contribution < 1.29 is 0 Å². The van der Waals surface area contributed by atoms with Crippen LogP contribution in [0, 0.1) is 0 Å². The number of halogens is 1. The van der Waals surface area contributed by atoms with E-state index in [9.17, 15) is 0 Å². The topological polar surface area (TPSA) is 38.0 Å². The first kappa shape index (κ1) is 16.4. The molecule has 0 atom stereocenters. The lowest BCUT2D eigenvalue weighted by atomic mass is 9.63. The minimum Gasteiger partial charge on any atom is -0.397 e. The molecule has 3 heteroatoms. The monoisotopic (exact) mass is 372 g/mol. The highest BCUT2D eigenvalue weighted by Gasteiger charge is 2.37. The number of benzene rings is 2. The maximum Gasteiger partial charge on any atom is 0.0618 e. The van der Waals surface area contributed by atoms with Crippen LogP contribution in [0.5, 0.6) is 0 Å². The van der Waals surface area contributed by atoms with Gasteiger partial charge in [0.15, 0.2) is 0 Å². The lowest BCUT2D eigenvalue weighted by Gasteiger charge is -2.42. The fraction of sp³-hybridized carbons (Fsp3) is 0.400. The maximum absolute atomic E-state index is 6.07. The van der Waals surface area contributed by atoms with E-state index in [2.05, 4.69) is 61.1 Å². The smallest absolute Gasteiger partial charge is 0.0618 e. The van der Waals surface area contributed by atoms with Crippen molar-refractivity contribution in [2.45, 2.75) is 51.4 Å². The summed E-state index contributed by atoms with van der Waals surface area (Å²) in [5.74, 6) is 0. The van der Waals surface area contributed by atoms with E-state index >= 15 is 0 Å². The predicted octanol–water partition coefficient (Wildman–Crippen LogP) is 6.12. The summed E-state index contributed by atoms with van der Waals surface area (Å²) in [5.41, 5.74) is 12.2. The van der Waals surface area contributed by atoms with Crippen LogP contribution in [0.1, 0.15) is 51.7 Å². The molecule has 0 aliphatic heterocycles. The Labute approximate surface area is 147 Å². The molecule has 1 aliphatic carbocycles. The van der Waals surface area contributed by atoms with Crippen LogP contribution in [0.3, 0.4) is 0 Å². The van der Waals surface area contributed by atoms with Gasteiger partial charge >= 0.3 is 0 Å². The molecule has 3 N–H and O–H groups in total. The lowest BCUT2D eigenvalue weighted by Crippen LogP contribution is -2.33. The van der Waals surface area contributed by atoms with Gasteiger partial charge in [-0.2, -0.15) is 0 Å². The van der Waals surface area contributed by atoms with Crippen molar-refractivity contribution >= 4 is 33.0 Å². The molecule has 0 fully saturated rings. The largest absolute Gasteiger partial charge is 0.397 e. The van der Waals surface area contributed by atoms with Gasteiger partial charge in [-0.1, -0.05) is 39.8 Å². The normalized spacial score (nSPS) is 18.3. The van der Waals surface area contributed by atoms with E-state index in [4.69, 9.17) is 5.73 Å². The lowest BCUT2D eigenvalue weighted by molar-refractivity contribution is 0.332. The summed E-state index contributed by atoms with van der Waals surface area (Å²) in [5, 5.41) is 3.48. The number of hydrogen-bond donors (Lipinski definition) is 2. The number of fused-ring (bicyclic) bond motifs is 1. The molecule has 122 valence electrons. The van der Waals surface area contributed by atoms with Gasteiger partial charge in [0.2, 0.25) is 0 Å². The van der Waals surface area contributed by atoms with Crippen LogP contribution in [-0.2, 0) is 10.8 Å². The molecule has 0 spiro atoms. The van der Waals surface area contributed by atoms with Gasteiger partial charge in [0, 0.05) is 4.47 Å². The Morgan fingerprint density at radius 3 is 2.09 bits per heavy atom. The molecule has 3 rings (SSSR count). The highest BCUT2D eigenvalue weighted by atomic mass is 79.9. The van der Waals surface area contributed by atoms with E-state index in [-0.39, 0.29) is 10.8 Å². The zero-order valence-corrected chi connectivity index (χ0v) is 15.9. The Hall–Kier alpha value is -1.48. The number of rotatable bonds is 2. The second-order valence-electron chi connectivity index (χ2n) is 7.86. The Morgan fingerprint density at radius 1 is 0.913 bits per heavy atom. The number of nitrogens with two attached hydrogens (primary N) is 1. The quantitative estimate of drug-likeness (QED) is 0.622. The van der Waals surface area contributed by atoms with Gasteiger partial charge in [-0.25, -0.2) is 0 Å². The van der Waals surface area contributed by atoms with Crippen molar-refractivity contribution in [1.29, 1.82) is 0 Å². The summed E-state index contributed by atoms with van der Waals surface area (Å²) in [6.07, 6.45) is 2.43. The molecule has 0 saturated carbocycles. The number of nitrogen functional groups attached to an aromatic ring is 1. The second kappa shape index (κ2) is 5.55. The number of para-hydroxylation sites is 2. The maximum atomic E-state index is 6.07. The van der Waals surface area contributed by atoms with Crippen molar-refractivity contribution in [1.82, 2.24) is 0 Å². The zero-order chi connectivity index (χ0) is 16.8. The number of nitrogens with one attached hydrogen (secondary N) is 1. The first-order valence-electron chi connectivity index (χ1n) is 8.17. The first-order valence-corrected chi connectivity index (χ1v) is 8.96. The van der Waals surface area contributed by atoms with E-state index in [1.165, 1.54) is 24.0 Å². The minimum atomic E-state index is 0.199. The first-order chi connectivity index (χ1) is 10.7. The van der Waals surface area contributed by atoms with Crippen LogP contribution in [-0.4, -0.2) is 0 Å². The molecule has 0 saturated heterocycles. The van der Waals surface area contributed by atoms with E-state index < -0.39 is 0 Å². The second-order valence-corrected chi connectivity index (χ2v) is 8.71. The Morgan fingerprint density at radius 2 is 1.48 bits per heavy atom. The number of anilines is 3. The summed E-state index contributed by atoms with van der Waals surface area (Å²) in [6.45, 7) is 9.37. The average molecular weight is 373 g/mol. The van der Waals surface area contributed by atoms with Gasteiger partial charge in [-0.15, -0.1) is 0 Å². The van der Waals surface area contributed by atoms with Gasteiger partial charge in [-0.05, 0) is 75.0 Å². The fourth-order valence-electron chi connectivity index (χ4n) is 3.44. The predicted molar refractivity (Wildman–Crippen MR) is 104 cm³/mol. The Bertz CT molecular complexity index is 747. The van der Waals surface area contributed by atoms with Crippen LogP contribution in [0.25, 0.3) is 0 Å². The van der Waals surface area contributed by atoms with Crippen LogP contribution in [0.4, 0.5) is 17.1 Å². The molecule has 23 heavy (non-hydrogen) atoms. The SMILES string of the molecule is CC1(C)CCC(C)(C)c2cc(Nc3ccccc3N)c(Br)cc21. The van der Waals surface area contributed by atoms with Gasteiger partial charge < -0.3 is 11.1 Å². The molecular formula is C20H25BrN2. The number of hydrogen-bond acceptors (Lipinski definition) is 2. The van der Waals surface area contributed by atoms with Gasteiger partial charge in [-0.3, -0.25) is 0 Å². The molecule has 0 bridgehead atoms. The summed E-state index contributed by atoms with van der Waals surface area (Å²) >= 11 is 3.74. The molecule has 0 radical (unpaired) electrons. The fourth-order valence-corrected chi connectivity index (χ4v) is 3.88. The molecule has 2 aromatic rings. The zero-order valence-electron chi connectivity index (χ0n) is 14.3.